The molecule has 0 heterocycles. The van der Waals surface area contributed by atoms with E-state index in [-0.39, 0.29) is 0 Å². The summed E-state index contributed by atoms with van der Waals surface area (Å²) in [4.78, 5) is 0. The van der Waals surface area contributed by atoms with E-state index in [1.54, 1.807) is 6.08 Å². The average molecular weight is 260 g/mol. The minimum Gasteiger partial charge on any atom is -0.316 e. The summed E-state index contributed by atoms with van der Waals surface area (Å²) in [5.74, 6) is 0. The van der Waals surface area contributed by atoms with Crippen LogP contribution in [0.2, 0.25) is 0 Å². The molecule has 0 aliphatic rings. The van der Waals surface area contributed by atoms with Gasteiger partial charge in [0, 0.05) is 13.1 Å². The van der Waals surface area contributed by atoms with Crippen molar-refractivity contribution in [3.63, 3.8) is 0 Å². The molecule has 2 nitrogen and oxygen atoms in total. The van der Waals surface area contributed by atoms with E-state index in [0.717, 1.165) is 29.8 Å². The van der Waals surface area contributed by atoms with Crippen LogP contribution in [-0.2, 0) is 0 Å². The zero-order valence-electron chi connectivity index (χ0n) is 12.6. The molecule has 0 atom stereocenters. The molecule has 0 saturated heterocycles. The molecule has 2 heteroatoms. The zero-order valence-corrected chi connectivity index (χ0v) is 12.6. The molecule has 0 saturated carbocycles. The Bertz CT molecular complexity index is 346. The summed E-state index contributed by atoms with van der Waals surface area (Å²) in [6.07, 6.45) is 9.47. The maximum Gasteiger partial charge on any atom is 0.0196 e. The van der Waals surface area contributed by atoms with Crippen molar-refractivity contribution >= 4 is 0 Å². The standard InChI is InChI=1S/C9H15N.C8H13N/c1-8(2)5-6-9(3)7-10-4;1-4-5-6-8(2)7-9-3/h5-6,10H,1,3,7H2,2,4H3;4-6,9H,1-2,7H2,3H3/b2*6-5-. The van der Waals surface area contributed by atoms with E-state index < -0.39 is 0 Å². The molecule has 2 N–H and O–H groups in total. The first kappa shape index (κ1) is 19.7. The molecule has 0 spiro atoms. The lowest BCUT2D eigenvalue weighted by Gasteiger charge is -1.95. The number of hydrogen-bond acceptors (Lipinski definition) is 2. The van der Waals surface area contributed by atoms with E-state index in [0.29, 0.717) is 0 Å². The van der Waals surface area contributed by atoms with E-state index in [1.165, 1.54) is 0 Å². The van der Waals surface area contributed by atoms with E-state index in [1.807, 2.05) is 45.3 Å². The number of allylic oxidation sites excluding steroid dienone is 4. The van der Waals surface area contributed by atoms with Gasteiger partial charge in [-0.25, -0.2) is 0 Å². The molecule has 19 heavy (non-hydrogen) atoms. The third-order valence-corrected chi connectivity index (χ3v) is 1.88. The fraction of sp³-hybridized carbons (Fsp3) is 0.294. The summed E-state index contributed by atoms with van der Waals surface area (Å²) in [5.41, 5.74) is 3.19. The third-order valence-electron chi connectivity index (χ3n) is 1.88. The highest BCUT2D eigenvalue weighted by molar-refractivity contribution is 5.23. The van der Waals surface area contributed by atoms with E-state index >= 15 is 0 Å². The number of nitrogens with one attached hydrogen (secondary N) is 2. The highest BCUT2D eigenvalue weighted by Gasteiger charge is 1.83. The van der Waals surface area contributed by atoms with Crippen LogP contribution in [0.3, 0.4) is 0 Å². The Hall–Kier alpha value is -1.64. The lowest BCUT2D eigenvalue weighted by molar-refractivity contribution is 0.898. The zero-order chi connectivity index (χ0) is 15.1. The smallest absolute Gasteiger partial charge is 0.0196 e. The van der Waals surface area contributed by atoms with Crippen molar-refractivity contribution < 1.29 is 0 Å². The van der Waals surface area contributed by atoms with Gasteiger partial charge in [0.05, 0.1) is 0 Å². The van der Waals surface area contributed by atoms with E-state index in [4.69, 9.17) is 0 Å². The third kappa shape index (κ3) is 18.9. The summed E-state index contributed by atoms with van der Waals surface area (Å²) in [7, 11) is 3.80. The van der Waals surface area contributed by atoms with Gasteiger partial charge >= 0.3 is 0 Å². The van der Waals surface area contributed by atoms with Crippen molar-refractivity contribution in [2.24, 2.45) is 0 Å². The minimum absolute atomic E-state index is 0.837. The topological polar surface area (TPSA) is 24.1 Å². The highest BCUT2D eigenvalue weighted by atomic mass is 14.8. The van der Waals surface area contributed by atoms with Crippen molar-refractivity contribution in [2.75, 3.05) is 27.2 Å². The van der Waals surface area contributed by atoms with Crippen LogP contribution in [0, 0.1) is 0 Å². The first-order valence-electron chi connectivity index (χ1n) is 6.25. The summed E-state index contributed by atoms with van der Waals surface area (Å²) in [5, 5.41) is 6.00. The van der Waals surface area contributed by atoms with Crippen molar-refractivity contribution in [2.45, 2.75) is 6.92 Å². The Labute approximate surface area is 119 Å². The van der Waals surface area contributed by atoms with Gasteiger partial charge in [0.25, 0.3) is 0 Å². The molecule has 0 radical (unpaired) electrons. The number of likely N-dealkylation sites (N-methyl/N-ethyl adjacent to an activating group) is 2. The van der Waals surface area contributed by atoms with Crippen LogP contribution in [-0.4, -0.2) is 27.2 Å². The molecule has 0 fully saturated rings. The second kappa shape index (κ2) is 14.4. The first-order chi connectivity index (χ1) is 8.97. The van der Waals surface area contributed by atoms with Crippen LogP contribution in [0.1, 0.15) is 6.92 Å². The van der Waals surface area contributed by atoms with Gasteiger partial charge in [-0.05, 0) is 32.2 Å². The fourth-order valence-corrected chi connectivity index (χ4v) is 1.04. The lowest BCUT2D eigenvalue weighted by atomic mass is 10.2. The maximum absolute atomic E-state index is 3.83. The van der Waals surface area contributed by atoms with E-state index in [9.17, 15) is 0 Å². The molecule has 0 aliphatic heterocycles. The SMILES string of the molecule is C=C(C)/C=C\C(=C)CNC.C=C/C=C\C(=C)CNC. The Morgan fingerprint density at radius 1 is 0.895 bits per heavy atom. The van der Waals surface area contributed by atoms with Crippen molar-refractivity contribution in [1.29, 1.82) is 0 Å². The quantitative estimate of drug-likeness (QED) is 0.654. The summed E-state index contributed by atoms with van der Waals surface area (Å²) in [6, 6.07) is 0. The fourth-order valence-electron chi connectivity index (χ4n) is 1.04. The van der Waals surface area contributed by atoms with Crippen LogP contribution >= 0.6 is 0 Å². The molecule has 0 bridgehead atoms. The predicted molar refractivity (Wildman–Crippen MR) is 89.4 cm³/mol. The minimum atomic E-state index is 0.837. The van der Waals surface area contributed by atoms with Gasteiger partial charge in [-0.15, -0.1) is 0 Å². The largest absolute Gasteiger partial charge is 0.316 e. The summed E-state index contributed by atoms with van der Waals surface area (Å²) >= 11 is 0. The highest BCUT2D eigenvalue weighted by Crippen LogP contribution is 1.95. The molecule has 0 aromatic heterocycles. The Morgan fingerprint density at radius 2 is 1.37 bits per heavy atom. The molecule has 0 amide bonds. The molecule has 106 valence electrons. The second-order valence-electron chi connectivity index (χ2n) is 4.15. The molecule has 0 unspecified atom stereocenters. The van der Waals surface area contributed by atoms with Crippen LogP contribution in [0.25, 0.3) is 0 Å². The monoisotopic (exact) mass is 260 g/mol. The predicted octanol–water partition coefficient (Wildman–Crippen LogP) is 3.40. The van der Waals surface area contributed by atoms with E-state index in [2.05, 4.69) is 36.9 Å². The Morgan fingerprint density at radius 3 is 1.74 bits per heavy atom. The van der Waals surface area contributed by atoms with Crippen LogP contribution in [0.15, 0.2) is 73.4 Å². The normalized spacial score (nSPS) is 10.1. The number of hydrogen-bond donors (Lipinski definition) is 2. The maximum atomic E-state index is 3.83. The van der Waals surface area contributed by atoms with Crippen LogP contribution in [0.4, 0.5) is 0 Å². The first-order valence-corrected chi connectivity index (χ1v) is 6.25. The van der Waals surface area contributed by atoms with Crippen molar-refractivity contribution in [1.82, 2.24) is 10.6 Å². The number of rotatable bonds is 8. The summed E-state index contributed by atoms with van der Waals surface area (Å²) < 4.78 is 0. The van der Waals surface area contributed by atoms with Crippen LogP contribution < -0.4 is 10.6 Å². The Kier molecular flexibility index (Phi) is 14.9. The van der Waals surface area contributed by atoms with Crippen LogP contribution in [0.5, 0.6) is 0 Å². The molecule has 0 rings (SSSR count). The van der Waals surface area contributed by atoms with Gasteiger partial charge in [-0.2, -0.15) is 0 Å². The second-order valence-corrected chi connectivity index (χ2v) is 4.15. The van der Waals surface area contributed by atoms with Gasteiger partial charge in [0.1, 0.15) is 0 Å². The van der Waals surface area contributed by atoms with Crippen molar-refractivity contribution in [3.8, 4) is 0 Å². The Balaban J connectivity index is 0. The van der Waals surface area contributed by atoms with Gasteiger partial charge < -0.3 is 10.6 Å². The molecule has 0 aromatic carbocycles. The van der Waals surface area contributed by atoms with Gasteiger partial charge in [0.15, 0.2) is 0 Å². The van der Waals surface area contributed by atoms with Gasteiger partial charge in [-0.3, -0.25) is 0 Å². The lowest BCUT2D eigenvalue weighted by Crippen LogP contribution is -2.08. The molecular formula is C17H28N2. The molecule has 0 aliphatic carbocycles. The van der Waals surface area contributed by atoms with Crippen molar-refractivity contribution in [3.05, 3.63) is 73.4 Å². The van der Waals surface area contributed by atoms with Gasteiger partial charge in [0.2, 0.25) is 0 Å². The summed E-state index contributed by atoms with van der Waals surface area (Å²) in [6.45, 7) is 18.5. The molecular weight excluding hydrogens is 232 g/mol. The molecule has 0 aromatic rings. The average Bonchev–Trinajstić information content (AvgIpc) is 2.35. The van der Waals surface area contributed by atoms with Gasteiger partial charge in [-0.1, -0.05) is 62.3 Å².